The van der Waals surface area contributed by atoms with Crippen LogP contribution < -0.4 is 10.9 Å². The van der Waals surface area contributed by atoms with E-state index in [1.54, 1.807) is 0 Å². The lowest BCUT2D eigenvalue weighted by Gasteiger charge is -2.21. The van der Waals surface area contributed by atoms with Crippen LogP contribution in [0.25, 0.3) is 0 Å². The summed E-state index contributed by atoms with van der Waals surface area (Å²) in [6.45, 7) is 9.54. The zero-order valence-corrected chi connectivity index (χ0v) is 20.9. The molecule has 3 N–H and O–H groups in total. The minimum atomic E-state index is -4.29. The van der Waals surface area contributed by atoms with Gasteiger partial charge in [-0.2, -0.15) is 13.2 Å². The highest BCUT2D eigenvalue weighted by atomic mass is 19.4. The van der Waals surface area contributed by atoms with Gasteiger partial charge in [0.05, 0.1) is 5.56 Å². The van der Waals surface area contributed by atoms with Gasteiger partial charge in [-0.25, -0.2) is 10.2 Å². The van der Waals surface area contributed by atoms with E-state index in [2.05, 4.69) is 23.0 Å². The average molecular weight is 503 g/mol. The molecule has 0 fully saturated rings. The molecule has 0 heterocycles. The highest BCUT2D eigenvalue weighted by molar-refractivity contribution is 5.67. The number of nitrogens with one attached hydrogen (secondary N) is 2. The van der Waals surface area contributed by atoms with E-state index in [-0.39, 0.29) is 6.04 Å². The molecule has 1 aromatic carbocycles. The molecule has 1 aromatic rings. The maximum atomic E-state index is 12.1. The number of aldehydes is 1. The number of rotatable bonds is 8. The van der Waals surface area contributed by atoms with Gasteiger partial charge in [-0.05, 0) is 70.2 Å². The van der Waals surface area contributed by atoms with Crippen LogP contribution in [-0.4, -0.2) is 43.0 Å². The van der Waals surface area contributed by atoms with E-state index in [9.17, 15) is 22.8 Å². The third-order valence-corrected chi connectivity index (χ3v) is 4.14. The molecule has 0 radical (unpaired) electrons. The number of carbonyl (C=O) groups excluding carboxylic acids is 3. The van der Waals surface area contributed by atoms with Crippen molar-refractivity contribution in [1.29, 1.82) is 0 Å². The Hall–Kier alpha value is -2.98. The fourth-order valence-corrected chi connectivity index (χ4v) is 2.43. The Kier molecular flexibility index (Phi) is 17.9. The summed E-state index contributed by atoms with van der Waals surface area (Å²) in [7, 11) is 1.00. The number of benzene rings is 1. The van der Waals surface area contributed by atoms with Gasteiger partial charge in [0.15, 0.2) is 0 Å². The van der Waals surface area contributed by atoms with Crippen LogP contribution in [-0.2, 0) is 26.9 Å². The Morgan fingerprint density at radius 2 is 1.66 bits per heavy atom. The number of carbonyl (C=O) groups is 3. The molecule has 0 unspecified atom stereocenters. The molecule has 0 aromatic heterocycles. The lowest BCUT2D eigenvalue weighted by molar-refractivity contribution is -0.137. The summed E-state index contributed by atoms with van der Waals surface area (Å²) < 4.78 is 41.5. The van der Waals surface area contributed by atoms with Gasteiger partial charge in [0.1, 0.15) is 18.7 Å². The first kappa shape index (κ1) is 34.2. The van der Waals surface area contributed by atoms with Crippen LogP contribution in [0.15, 0.2) is 48.1 Å². The predicted molar refractivity (Wildman–Crippen MR) is 130 cm³/mol. The van der Waals surface area contributed by atoms with Crippen LogP contribution in [0.5, 0.6) is 0 Å². The van der Waals surface area contributed by atoms with Crippen LogP contribution in [0, 0.1) is 0 Å². The number of amides is 1. The molecule has 1 atom stereocenters. The van der Waals surface area contributed by atoms with Crippen molar-refractivity contribution < 1.29 is 37.4 Å². The third kappa shape index (κ3) is 18.1. The van der Waals surface area contributed by atoms with Crippen molar-refractivity contribution in [3.8, 4) is 0 Å². The molecule has 0 aliphatic heterocycles. The maximum absolute atomic E-state index is 12.1. The number of aryl methyl sites for hydroxylation is 1. The average Bonchev–Trinajstić information content (AvgIpc) is 2.77. The van der Waals surface area contributed by atoms with Crippen molar-refractivity contribution in [2.75, 3.05) is 7.11 Å². The SMILES string of the molecule is C=O.CO.C[C@@H](CCC1=CC=C1)NNC(=O)OC(C)(C)C.O=CCCc1ccc(C(F)(F)F)cc1. The lowest BCUT2D eigenvalue weighted by atomic mass is 10.0. The largest absolute Gasteiger partial charge is 0.443 e. The highest BCUT2D eigenvalue weighted by Gasteiger charge is 2.29. The quantitative estimate of drug-likeness (QED) is 0.344. The molecule has 10 heteroatoms. The first-order valence-electron chi connectivity index (χ1n) is 10.9. The third-order valence-electron chi connectivity index (χ3n) is 4.14. The van der Waals surface area contributed by atoms with Crippen LogP contribution in [0.1, 0.15) is 58.1 Å². The first-order valence-corrected chi connectivity index (χ1v) is 10.9. The monoisotopic (exact) mass is 502 g/mol. The Morgan fingerprint density at radius 3 is 2.06 bits per heavy atom. The van der Waals surface area contributed by atoms with Gasteiger partial charge in [-0.15, -0.1) is 0 Å². The number of aliphatic hydroxyl groups is 1. The summed E-state index contributed by atoms with van der Waals surface area (Å²) in [5.41, 5.74) is 6.46. The Labute approximate surface area is 205 Å². The number of hydrogen-bond acceptors (Lipinski definition) is 6. The molecule has 7 nitrogen and oxygen atoms in total. The summed E-state index contributed by atoms with van der Waals surface area (Å²) in [6, 6.07) is 5.07. The lowest BCUT2D eigenvalue weighted by Crippen LogP contribution is -2.45. The van der Waals surface area contributed by atoms with Crippen LogP contribution in [0.4, 0.5) is 18.0 Å². The summed E-state index contributed by atoms with van der Waals surface area (Å²) >= 11 is 0. The van der Waals surface area contributed by atoms with E-state index < -0.39 is 23.4 Å². The summed E-state index contributed by atoms with van der Waals surface area (Å²) in [5.74, 6) is 0. The smallest absolute Gasteiger partial charge is 0.422 e. The Balaban J connectivity index is 0. The van der Waals surface area contributed by atoms with Crippen LogP contribution in [0.3, 0.4) is 0 Å². The maximum Gasteiger partial charge on any atom is 0.422 e. The minimum absolute atomic E-state index is 0.220. The molecule has 2 rings (SSSR count). The molecule has 1 aliphatic carbocycles. The summed E-state index contributed by atoms with van der Waals surface area (Å²) in [4.78, 5) is 29.4. The molecular formula is C25H37F3N2O5. The number of hydrogen-bond donors (Lipinski definition) is 3. The molecule has 35 heavy (non-hydrogen) atoms. The molecule has 198 valence electrons. The molecule has 0 saturated heterocycles. The zero-order valence-electron chi connectivity index (χ0n) is 20.9. The second kappa shape index (κ2) is 18.4. The van der Waals surface area contributed by atoms with Gasteiger partial charge < -0.3 is 19.4 Å². The van der Waals surface area contributed by atoms with Crippen molar-refractivity contribution in [2.24, 2.45) is 0 Å². The van der Waals surface area contributed by atoms with Gasteiger partial charge in [-0.1, -0.05) is 30.4 Å². The van der Waals surface area contributed by atoms with E-state index in [0.717, 1.165) is 43.9 Å². The van der Waals surface area contributed by atoms with Crippen molar-refractivity contribution in [2.45, 2.75) is 71.2 Å². The standard InChI is InChI=1S/C13H22N2O2.C10H9F3O.CH4O.CH2O/c1-10(8-9-11-6-5-7-11)14-15-12(16)17-13(2,3)4;11-10(12,13)9-5-3-8(4-6-9)2-1-7-14;2*1-2/h5-7,10,14H,8-9H2,1-4H3,(H,15,16);3-7H,1-2H2;2H,1H3;1H2/t10-;;;/m0.../s1. The second-order valence-electron chi connectivity index (χ2n) is 8.21. The number of halogens is 3. The molecule has 0 saturated carbocycles. The number of alkyl halides is 3. The van der Waals surface area contributed by atoms with Crippen LogP contribution in [0.2, 0.25) is 0 Å². The number of allylic oxidation sites excluding steroid dienone is 4. The van der Waals surface area contributed by atoms with Crippen molar-refractivity contribution in [3.63, 3.8) is 0 Å². The number of aliphatic hydroxyl groups excluding tert-OH is 1. The Bertz CT molecular complexity index is 786. The Morgan fingerprint density at radius 1 is 1.11 bits per heavy atom. The van der Waals surface area contributed by atoms with E-state index in [1.807, 2.05) is 40.6 Å². The van der Waals surface area contributed by atoms with Crippen molar-refractivity contribution in [1.82, 2.24) is 10.9 Å². The molecule has 0 bridgehead atoms. The van der Waals surface area contributed by atoms with Gasteiger partial charge >= 0.3 is 12.3 Å². The van der Waals surface area contributed by atoms with Gasteiger partial charge in [0, 0.05) is 19.6 Å². The van der Waals surface area contributed by atoms with Gasteiger partial charge in [0.2, 0.25) is 0 Å². The van der Waals surface area contributed by atoms with E-state index in [0.29, 0.717) is 12.8 Å². The molecule has 1 aliphatic rings. The zero-order chi connectivity index (χ0) is 27.5. The van der Waals surface area contributed by atoms with Crippen molar-refractivity contribution in [3.05, 3.63) is 59.2 Å². The normalized spacial score (nSPS) is 12.5. The van der Waals surface area contributed by atoms with Gasteiger partial charge in [0.25, 0.3) is 0 Å². The van der Waals surface area contributed by atoms with Crippen molar-refractivity contribution >= 4 is 19.2 Å². The van der Waals surface area contributed by atoms with E-state index in [4.69, 9.17) is 14.6 Å². The fraction of sp³-hybridized carbons (Fsp3) is 0.480. The van der Waals surface area contributed by atoms with E-state index >= 15 is 0 Å². The minimum Gasteiger partial charge on any atom is -0.443 e. The molecule has 0 spiro atoms. The summed E-state index contributed by atoms with van der Waals surface area (Å²) in [5, 5.41) is 7.00. The topological polar surface area (TPSA) is 105 Å². The van der Waals surface area contributed by atoms with Gasteiger partial charge in [-0.3, -0.25) is 5.43 Å². The second-order valence-corrected chi connectivity index (χ2v) is 8.21. The van der Waals surface area contributed by atoms with Crippen LogP contribution >= 0.6 is 0 Å². The highest BCUT2D eigenvalue weighted by Crippen LogP contribution is 2.29. The fourth-order valence-electron chi connectivity index (χ4n) is 2.43. The summed E-state index contributed by atoms with van der Waals surface area (Å²) in [6.07, 6.45) is 5.10. The molecular weight excluding hydrogens is 465 g/mol. The number of hydrazine groups is 1. The predicted octanol–water partition coefficient (Wildman–Crippen LogP) is 4.94. The molecule has 1 amide bonds. The first-order chi connectivity index (χ1) is 16.4. The number of ether oxygens (including phenoxy) is 1. The van der Waals surface area contributed by atoms with E-state index in [1.165, 1.54) is 17.7 Å².